The van der Waals surface area contributed by atoms with E-state index in [1.54, 1.807) is 12.1 Å². The normalized spacial score (nSPS) is 19.4. The number of hydrogen-bond acceptors (Lipinski definition) is 4. The van der Waals surface area contributed by atoms with Gasteiger partial charge in [0, 0.05) is 38.3 Å². The third-order valence-electron chi connectivity index (χ3n) is 6.34. The maximum atomic E-state index is 13.3. The summed E-state index contributed by atoms with van der Waals surface area (Å²) in [6, 6.07) is 6.15. The average Bonchev–Trinajstić information content (AvgIpc) is 2.81. The standard InChI is InChI=1S/C24H38FN5O2/c1-2-26-23(28-12-11-27-22(31)18-20-7-6-8-21(25)17-20)29-19-24(9-4-3-5-10-24)30-13-15-32-16-14-30/h6-8,17H,2-5,9-16,18-19H2,1H3,(H,27,31)(H2,26,28,29). The highest BCUT2D eigenvalue weighted by atomic mass is 19.1. The van der Waals surface area contributed by atoms with Crippen LogP contribution in [0.15, 0.2) is 29.3 Å². The molecule has 1 heterocycles. The van der Waals surface area contributed by atoms with Gasteiger partial charge in [0.2, 0.25) is 5.91 Å². The Labute approximate surface area is 191 Å². The highest BCUT2D eigenvalue weighted by Gasteiger charge is 2.38. The first kappa shape index (κ1) is 24.5. The topological polar surface area (TPSA) is 78.0 Å². The summed E-state index contributed by atoms with van der Waals surface area (Å²) in [5, 5.41) is 9.53. The zero-order chi connectivity index (χ0) is 22.7. The SMILES string of the molecule is CCNC(=NCC1(N2CCOCC2)CCCCC1)NCCNC(=O)Cc1cccc(F)c1. The molecule has 1 aromatic rings. The lowest BCUT2D eigenvalue weighted by molar-refractivity contribution is -0.120. The third-order valence-corrected chi connectivity index (χ3v) is 6.34. The van der Waals surface area contributed by atoms with E-state index in [0.717, 1.165) is 45.4 Å². The van der Waals surface area contributed by atoms with Crippen LogP contribution in [0.25, 0.3) is 0 Å². The Morgan fingerprint density at radius 3 is 2.59 bits per heavy atom. The number of morpholine rings is 1. The Morgan fingerprint density at radius 1 is 1.12 bits per heavy atom. The number of guanidine groups is 1. The van der Waals surface area contributed by atoms with Crippen molar-refractivity contribution in [3.63, 3.8) is 0 Å². The zero-order valence-corrected chi connectivity index (χ0v) is 19.3. The van der Waals surface area contributed by atoms with Crippen molar-refractivity contribution in [1.82, 2.24) is 20.9 Å². The number of nitrogens with one attached hydrogen (secondary N) is 3. The van der Waals surface area contributed by atoms with E-state index in [-0.39, 0.29) is 23.7 Å². The van der Waals surface area contributed by atoms with Crippen molar-refractivity contribution in [2.24, 2.45) is 4.99 Å². The van der Waals surface area contributed by atoms with Crippen LogP contribution >= 0.6 is 0 Å². The van der Waals surface area contributed by atoms with E-state index in [0.29, 0.717) is 18.7 Å². The number of rotatable bonds is 9. The second kappa shape index (κ2) is 12.7. The van der Waals surface area contributed by atoms with Crippen molar-refractivity contribution < 1.29 is 13.9 Å². The van der Waals surface area contributed by atoms with Crippen molar-refractivity contribution in [3.8, 4) is 0 Å². The largest absolute Gasteiger partial charge is 0.379 e. The Kier molecular flexibility index (Phi) is 9.74. The molecule has 3 N–H and O–H groups in total. The molecule has 8 heteroatoms. The van der Waals surface area contributed by atoms with Crippen molar-refractivity contribution in [3.05, 3.63) is 35.6 Å². The molecular weight excluding hydrogens is 409 g/mol. The number of hydrogen-bond donors (Lipinski definition) is 3. The molecule has 7 nitrogen and oxygen atoms in total. The highest BCUT2D eigenvalue weighted by Crippen LogP contribution is 2.34. The summed E-state index contributed by atoms with van der Waals surface area (Å²) >= 11 is 0. The predicted molar refractivity (Wildman–Crippen MR) is 125 cm³/mol. The quantitative estimate of drug-likeness (QED) is 0.307. The number of aliphatic imine (C=N–C) groups is 1. The number of amides is 1. The number of ether oxygens (including phenoxy) is 1. The summed E-state index contributed by atoms with van der Waals surface area (Å²) in [6.07, 6.45) is 6.37. The predicted octanol–water partition coefficient (Wildman–Crippen LogP) is 2.07. The van der Waals surface area contributed by atoms with Crippen LogP contribution in [-0.4, -0.2) is 74.8 Å². The number of halogens is 1. The minimum atomic E-state index is -0.323. The lowest BCUT2D eigenvalue weighted by atomic mass is 9.80. The fourth-order valence-electron chi connectivity index (χ4n) is 4.67. The maximum Gasteiger partial charge on any atom is 0.224 e. The van der Waals surface area contributed by atoms with E-state index < -0.39 is 0 Å². The van der Waals surface area contributed by atoms with Crippen molar-refractivity contribution in [1.29, 1.82) is 0 Å². The van der Waals surface area contributed by atoms with Crippen LogP contribution in [0.2, 0.25) is 0 Å². The molecule has 1 aliphatic carbocycles. The first-order valence-electron chi connectivity index (χ1n) is 12.0. The zero-order valence-electron chi connectivity index (χ0n) is 19.3. The lowest BCUT2D eigenvalue weighted by Gasteiger charge is -2.47. The fraction of sp³-hybridized carbons (Fsp3) is 0.667. The molecule has 1 aromatic carbocycles. The van der Waals surface area contributed by atoms with Gasteiger partial charge in [0.05, 0.1) is 26.2 Å². The fourth-order valence-corrected chi connectivity index (χ4v) is 4.67. The van der Waals surface area contributed by atoms with E-state index in [1.165, 1.54) is 44.2 Å². The Balaban J connectivity index is 1.48. The Bertz CT molecular complexity index is 746. The van der Waals surface area contributed by atoms with Gasteiger partial charge in [0.1, 0.15) is 5.82 Å². The Hall–Kier alpha value is -2.19. The molecule has 3 rings (SSSR count). The Morgan fingerprint density at radius 2 is 1.88 bits per heavy atom. The molecular formula is C24H38FN5O2. The van der Waals surface area contributed by atoms with Gasteiger partial charge in [0.15, 0.2) is 5.96 Å². The first-order chi connectivity index (χ1) is 15.6. The van der Waals surface area contributed by atoms with Gasteiger partial charge < -0.3 is 20.7 Å². The molecule has 0 radical (unpaired) electrons. The molecule has 32 heavy (non-hydrogen) atoms. The summed E-state index contributed by atoms with van der Waals surface area (Å²) in [5.41, 5.74) is 0.801. The third kappa shape index (κ3) is 7.45. The van der Waals surface area contributed by atoms with E-state index in [9.17, 15) is 9.18 Å². The van der Waals surface area contributed by atoms with Gasteiger partial charge in [-0.25, -0.2) is 4.39 Å². The van der Waals surface area contributed by atoms with Crippen LogP contribution in [0.5, 0.6) is 0 Å². The minimum Gasteiger partial charge on any atom is -0.379 e. The molecule has 1 saturated carbocycles. The molecule has 2 fully saturated rings. The second-order valence-corrected chi connectivity index (χ2v) is 8.66. The molecule has 0 atom stereocenters. The summed E-state index contributed by atoms with van der Waals surface area (Å²) < 4.78 is 18.8. The molecule has 2 aliphatic rings. The molecule has 0 aromatic heterocycles. The first-order valence-corrected chi connectivity index (χ1v) is 12.0. The number of carbonyl (C=O) groups is 1. The van der Waals surface area contributed by atoms with Gasteiger partial charge >= 0.3 is 0 Å². The van der Waals surface area contributed by atoms with Crippen molar-refractivity contribution in [2.75, 3.05) is 52.5 Å². The van der Waals surface area contributed by atoms with Crippen LogP contribution in [0.4, 0.5) is 4.39 Å². The molecule has 178 valence electrons. The molecule has 1 saturated heterocycles. The highest BCUT2D eigenvalue weighted by molar-refractivity contribution is 5.80. The number of nitrogens with zero attached hydrogens (tertiary/aromatic N) is 2. The average molecular weight is 448 g/mol. The second-order valence-electron chi connectivity index (χ2n) is 8.66. The van der Waals surface area contributed by atoms with E-state index in [2.05, 4.69) is 27.8 Å². The summed E-state index contributed by atoms with van der Waals surface area (Å²) in [7, 11) is 0. The van der Waals surface area contributed by atoms with Crippen molar-refractivity contribution in [2.45, 2.75) is 51.0 Å². The van der Waals surface area contributed by atoms with Crippen LogP contribution in [0.1, 0.15) is 44.6 Å². The van der Waals surface area contributed by atoms with Crippen LogP contribution < -0.4 is 16.0 Å². The van der Waals surface area contributed by atoms with Crippen LogP contribution in [-0.2, 0) is 16.0 Å². The molecule has 1 aliphatic heterocycles. The van der Waals surface area contributed by atoms with Gasteiger partial charge in [-0.3, -0.25) is 14.7 Å². The molecule has 1 amide bonds. The lowest BCUT2D eigenvalue weighted by Crippen LogP contribution is -2.56. The van der Waals surface area contributed by atoms with Gasteiger partial charge in [-0.15, -0.1) is 0 Å². The van der Waals surface area contributed by atoms with E-state index in [1.807, 2.05) is 0 Å². The number of benzene rings is 1. The van der Waals surface area contributed by atoms with Crippen LogP contribution in [0.3, 0.4) is 0 Å². The molecule has 0 bridgehead atoms. The van der Waals surface area contributed by atoms with Gasteiger partial charge in [0.25, 0.3) is 0 Å². The van der Waals surface area contributed by atoms with Crippen LogP contribution in [0, 0.1) is 5.82 Å². The van der Waals surface area contributed by atoms with Crippen molar-refractivity contribution >= 4 is 11.9 Å². The molecule has 0 spiro atoms. The maximum absolute atomic E-state index is 13.3. The number of carbonyl (C=O) groups excluding carboxylic acids is 1. The minimum absolute atomic E-state index is 0.118. The van der Waals surface area contributed by atoms with Gasteiger partial charge in [-0.05, 0) is 37.5 Å². The van der Waals surface area contributed by atoms with E-state index >= 15 is 0 Å². The summed E-state index contributed by atoms with van der Waals surface area (Å²) in [5.74, 6) is 0.342. The summed E-state index contributed by atoms with van der Waals surface area (Å²) in [4.78, 5) is 19.6. The van der Waals surface area contributed by atoms with E-state index in [4.69, 9.17) is 9.73 Å². The summed E-state index contributed by atoms with van der Waals surface area (Å²) in [6.45, 7) is 8.23. The molecule has 0 unspecified atom stereocenters. The monoisotopic (exact) mass is 447 g/mol. The van der Waals surface area contributed by atoms with Gasteiger partial charge in [-0.1, -0.05) is 31.4 Å². The van der Waals surface area contributed by atoms with Gasteiger partial charge in [-0.2, -0.15) is 0 Å². The smallest absolute Gasteiger partial charge is 0.224 e.